The van der Waals surface area contributed by atoms with Gasteiger partial charge in [0.25, 0.3) is 0 Å². The van der Waals surface area contributed by atoms with Crippen molar-refractivity contribution in [2.45, 2.75) is 77.4 Å². The van der Waals surface area contributed by atoms with E-state index in [9.17, 15) is 0 Å². The third-order valence-electron chi connectivity index (χ3n) is 6.26. The Kier molecular flexibility index (Phi) is 2.52. The first-order valence-corrected chi connectivity index (χ1v) is 6.88. The van der Waals surface area contributed by atoms with Crippen LogP contribution in [-0.4, -0.2) is 7.28 Å². The summed E-state index contributed by atoms with van der Waals surface area (Å²) in [6, 6.07) is 0. The summed E-state index contributed by atoms with van der Waals surface area (Å²) in [5.41, 5.74) is 0.575. The maximum Gasteiger partial charge on any atom is 0.136 e. The third-order valence-corrected chi connectivity index (χ3v) is 6.26. The van der Waals surface area contributed by atoms with Crippen LogP contribution in [0.25, 0.3) is 0 Å². The van der Waals surface area contributed by atoms with Crippen molar-refractivity contribution in [1.82, 2.24) is 0 Å². The second kappa shape index (κ2) is 3.28. The van der Waals surface area contributed by atoms with Gasteiger partial charge in [-0.05, 0) is 16.6 Å². The Bertz CT molecular complexity index is 246. The Hall–Kier alpha value is 0.0649. The van der Waals surface area contributed by atoms with E-state index >= 15 is 0 Å². The second-order valence-corrected chi connectivity index (χ2v) is 7.24. The molecule has 2 unspecified atom stereocenters. The fourth-order valence-corrected chi connectivity index (χ4v) is 4.32. The molecular weight excluding hydrogens is 179 g/mol. The maximum atomic E-state index is 2.50. The maximum absolute atomic E-state index is 2.50. The molecule has 2 aliphatic heterocycles. The first-order valence-electron chi connectivity index (χ1n) is 6.88. The highest BCUT2D eigenvalue weighted by atomic mass is 14.6. The smallest absolute Gasteiger partial charge is 0.0649 e. The molecule has 0 aromatic heterocycles. The fraction of sp³-hybridized carbons (Fsp3) is 1.00. The van der Waals surface area contributed by atoms with Crippen LogP contribution in [0.4, 0.5) is 0 Å². The van der Waals surface area contributed by atoms with Crippen LogP contribution < -0.4 is 0 Å². The molecule has 2 saturated heterocycles. The molecule has 2 heterocycles. The van der Waals surface area contributed by atoms with Crippen LogP contribution in [0.3, 0.4) is 0 Å². The Balaban J connectivity index is 2.17. The van der Waals surface area contributed by atoms with Crippen molar-refractivity contribution in [2.75, 3.05) is 0 Å². The van der Waals surface area contributed by atoms with Crippen LogP contribution in [0.2, 0.25) is 10.6 Å². The minimum Gasteiger partial charge on any atom is -0.0649 e. The topological polar surface area (TPSA) is 0 Å². The molecule has 0 spiro atoms. The summed E-state index contributed by atoms with van der Waals surface area (Å²) >= 11 is 0. The van der Waals surface area contributed by atoms with Gasteiger partial charge in [0.05, 0.1) is 0 Å². The molecule has 3 aliphatic rings. The second-order valence-electron chi connectivity index (χ2n) is 7.24. The van der Waals surface area contributed by atoms with Gasteiger partial charge in [0, 0.05) is 0 Å². The highest BCUT2D eigenvalue weighted by molar-refractivity contribution is 6.49. The zero-order valence-corrected chi connectivity index (χ0v) is 11.3. The van der Waals surface area contributed by atoms with Crippen LogP contribution in [-0.2, 0) is 0 Å². The quantitative estimate of drug-likeness (QED) is 0.599. The van der Waals surface area contributed by atoms with Gasteiger partial charge in [-0.25, -0.2) is 0 Å². The van der Waals surface area contributed by atoms with Gasteiger partial charge in [0.1, 0.15) is 7.28 Å². The van der Waals surface area contributed by atoms with Gasteiger partial charge in [-0.2, -0.15) is 0 Å². The van der Waals surface area contributed by atoms with Crippen molar-refractivity contribution in [2.24, 2.45) is 11.3 Å². The highest BCUT2D eigenvalue weighted by Crippen LogP contribution is 2.76. The number of hydrogen-bond acceptors (Lipinski definition) is 0. The van der Waals surface area contributed by atoms with Crippen LogP contribution in [0.5, 0.6) is 0 Å². The van der Waals surface area contributed by atoms with Crippen molar-refractivity contribution in [3.63, 3.8) is 0 Å². The van der Waals surface area contributed by atoms with Gasteiger partial charge in [-0.1, -0.05) is 72.0 Å². The number of fused-ring (bicyclic) bond motifs is 2. The Morgan fingerprint density at radius 2 is 1.87 bits per heavy atom. The summed E-state index contributed by atoms with van der Waals surface area (Å²) in [5, 5.41) is 1.45. The molecule has 1 heteroatoms. The predicted molar refractivity (Wildman–Crippen MR) is 69.9 cm³/mol. The molecule has 86 valence electrons. The van der Waals surface area contributed by atoms with Crippen molar-refractivity contribution < 1.29 is 0 Å². The molecule has 15 heavy (non-hydrogen) atoms. The van der Waals surface area contributed by atoms with Crippen LogP contribution in [0.15, 0.2) is 0 Å². The van der Waals surface area contributed by atoms with Crippen molar-refractivity contribution in [3.8, 4) is 0 Å². The largest absolute Gasteiger partial charge is 0.136 e. The normalized spacial score (nSPS) is 39.9. The molecule has 0 aromatic carbocycles. The molecule has 0 N–H and O–H groups in total. The Morgan fingerprint density at radius 1 is 1.27 bits per heavy atom. The molecule has 0 amide bonds. The van der Waals surface area contributed by atoms with E-state index in [1.165, 1.54) is 39.4 Å². The van der Waals surface area contributed by atoms with E-state index in [0.717, 1.165) is 11.2 Å². The summed E-state index contributed by atoms with van der Waals surface area (Å²) in [4.78, 5) is 0. The van der Waals surface area contributed by atoms with Crippen LogP contribution >= 0.6 is 0 Å². The van der Waals surface area contributed by atoms with Crippen molar-refractivity contribution >= 4 is 7.28 Å². The SMILES string of the molecule is CCC(C)(C)C12BC(C(C)C)(CCC1)C2. The van der Waals surface area contributed by atoms with E-state index in [1.54, 1.807) is 0 Å². The minimum absolute atomic E-state index is 0.575. The zero-order chi connectivity index (χ0) is 11.3. The number of rotatable bonds is 3. The van der Waals surface area contributed by atoms with E-state index in [-0.39, 0.29) is 0 Å². The molecular formula is C14H27B. The lowest BCUT2D eigenvalue weighted by Crippen LogP contribution is -2.57. The average Bonchev–Trinajstić information content (AvgIpc) is 2.16. The minimum atomic E-state index is 0.575. The van der Waals surface area contributed by atoms with Gasteiger partial charge >= 0.3 is 0 Å². The summed E-state index contributed by atoms with van der Waals surface area (Å²) < 4.78 is 0. The molecule has 0 nitrogen and oxygen atoms in total. The van der Waals surface area contributed by atoms with Gasteiger partial charge in [0.2, 0.25) is 0 Å². The fourth-order valence-electron chi connectivity index (χ4n) is 4.32. The van der Waals surface area contributed by atoms with Gasteiger partial charge in [-0.15, -0.1) is 0 Å². The lowest BCUT2D eigenvalue weighted by atomic mass is 9.14. The lowest BCUT2D eigenvalue weighted by Gasteiger charge is -2.68. The molecule has 1 saturated carbocycles. The molecule has 3 rings (SSSR count). The Labute approximate surface area is 96.5 Å². The van der Waals surface area contributed by atoms with Gasteiger partial charge < -0.3 is 0 Å². The van der Waals surface area contributed by atoms with E-state index in [0.29, 0.717) is 10.7 Å². The predicted octanol–water partition coefficient (Wildman–Crippen LogP) is 4.42. The summed E-state index contributed by atoms with van der Waals surface area (Å²) in [6.07, 6.45) is 7.37. The summed E-state index contributed by atoms with van der Waals surface area (Å²) in [7, 11) is 1.53. The molecule has 3 fully saturated rings. The monoisotopic (exact) mass is 206 g/mol. The first-order chi connectivity index (χ1) is 6.88. The zero-order valence-electron chi connectivity index (χ0n) is 11.3. The highest BCUT2D eigenvalue weighted by Gasteiger charge is 2.63. The molecule has 2 atom stereocenters. The first kappa shape index (κ1) is 11.5. The molecule has 0 radical (unpaired) electrons. The van der Waals surface area contributed by atoms with Crippen LogP contribution in [0, 0.1) is 11.3 Å². The van der Waals surface area contributed by atoms with Crippen molar-refractivity contribution in [3.05, 3.63) is 0 Å². The van der Waals surface area contributed by atoms with E-state index in [4.69, 9.17) is 0 Å². The third kappa shape index (κ3) is 1.41. The average molecular weight is 206 g/mol. The molecule has 0 aromatic rings. The van der Waals surface area contributed by atoms with E-state index in [1.807, 2.05) is 0 Å². The van der Waals surface area contributed by atoms with E-state index < -0.39 is 0 Å². The molecule has 1 aliphatic carbocycles. The van der Waals surface area contributed by atoms with Crippen LogP contribution in [0.1, 0.15) is 66.7 Å². The Morgan fingerprint density at radius 3 is 2.33 bits per heavy atom. The number of hydrogen-bond donors (Lipinski definition) is 0. The van der Waals surface area contributed by atoms with Gasteiger partial charge in [0.15, 0.2) is 0 Å². The lowest BCUT2D eigenvalue weighted by molar-refractivity contribution is 0.0746. The summed E-state index contributed by atoms with van der Waals surface area (Å²) in [5.74, 6) is 0.901. The van der Waals surface area contributed by atoms with Gasteiger partial charge in [-0.3, -0.25) is 0 Å². The molecule has 2 bridgehead atoms. The summed E-state index contributed by atoms with van der Waals surface area (Å²) in [6.45, 7) is 12.3. The standard InChI is InChI=1S/C14H27B/c1-6-12(4,5)14-9-7-8-13(10-14,15-14)11(2)3/h11,15H,6-10H2,1-5H3. The van der Waals surface area contributed by atoms with E-state index in [2.05, 4.69) is 34.6 Å². The van der Waals surface area contributed by atoms with Crippen molar-refractivity contribution in [1.29, 1.82) is 0 Å².